The van der Waals surface area contributed by atoms with E-state index >= 15 is 0 Å². The molecule has 5 nitrogen and oxygen atoms in total. The topological polar surface area (TPSA) is 72.0 Å². The molecule has 1 aliphatic carbocycles. The van der Waals surface area contributed by atoms with Crippen LogP contribution in [-0.4, -0.2) is 18.4 Å². The van der Waals surface area contributed by atoms with Gasteiger partial charge in [-0.05, 0) is 25.0 Å². The summed E-state index contributed by atoms with van der Waals surface area (Å²) in [4.78, 5) is 7.61. The monoisotopic (exact) mass is 327 g/mol. The Morgan fingerprint density at radius 3 is 2.48 bits per heavy atom. The molecule has 0 radical (unpaired) electrons. The molecule has 0 aliphatic heterocycles. The number of hydrogen-bond acceptors (Lipinski definition) is 4. The molecule has 1 saturated carbocycles. The number of nitrogens with one attached hydrogen (secondary N) is 1. The maximum absolute atomic E-state index is 13.7. The lowest BCUT2D eigenvalue weighted by Gasteiger charge is -2.10. The number of rotatable bonds is 4. The fourth-order valence-corrected chi connectivity index (χ4v) is 3.52. The molecule has 0 atom stereocenters. The first-order valence-electron chi connectivity index (χ1n) is 6.26. The van der Waals surface area contributed by atoms with Gasteiger partial charge in [0.05, 0.1) is 23.1 Å². The summed E-state index contributed by atoms with van der Waals surface area (Å²) in [6, 6.07) is 3.68. The minimum Gasteiger partial charge on any atom is -0.276 e. The van der Waals surface area contributed by atoms with Crippen LogP contribution in [0.2, 0.25) is 5.02 Å². The van der Waals surface area contributed by atoms with Gasteiger partial charge in [-0.3, -0.25) is 4.72 Å². The highest BCUT2D eigenvalue weighted by atomic mass is 35.5. The van der Waals surface area contributed by atoms with Gasteiger partial charge >= 0.3 is 0 Å². The molecule has 1 fully saturated rings. The fourth-order valence-electron chi connectivity index (χ4n) is 1.89. The summed E-state index contributed by atoms with van der Waals surface area (Å²) in [5.41, 5.74) is 0.165. The average molecular weight is 328 g/mol. The molecule has 110 valence electrons. The number of benzene rings is 1. The number of nitrogens with zero attached hydrogens (tertiary/aromatic N) is 2. The van der Waals surface area contributed by atoms with Crippen LogP contribution < -0.4 is 4.72 Å². The van der Waals surface area contributed by atoms with Crippen LogP contribution in [0.1, 0.15) is 24.6 Å². The summed E-state index contributed by atoms with van der Waals surface area (Å²) in [6.07, 6.45) is 4.84. The summed E-state index contributed by atoms with van der Waals surface area (Å²) in [6.45, 7) is 0. The van der Waals surface area contributed by atoms with Crippen LogP contribution >= 0.6 is 11.6 Å². The van der Waals surface area contributed by atoms with Crippen molar-refractivity contribution in [1.82, 2.24) is 9.97 Å². The Labute approximate surface area is 126 Å². The van der Waals surface area contributed by atoms with Gasteiger partial charge in [-0.25, -0.2) is 22.8 Å². The van der Waals surface area contributed by atoms with Crippen molar-refractivity contribution in [1.29, 1.82) is 0 Å². The average Bonchev–Trinajstić information content (AvgIpc) is 3.23. The van der Waals surface area contributed by atoms with E-state index in [0.717, 1.165) is 18.9 Å². The highest BCUT2D eigenvalue weighted by molar-refractivity contribution is 7.92. The summed E-state index contributed by atoms with van der Waals surface area (Å²) in [7, 11) is -4.13. The Balaban J connectivity index is 1.88. The van der Waals surface area contributed by atoms with Gasteiger partial charge in [-0.2, -0.15) is 0 Å². The Morgan fingerprint density at radius 1 is 1.24 bits per heavy atom. The highest BCUT2D eigenvalue weighted by Gasteiger charge is 2.27. The second-order valence-electron chi connectivity index (χ2n) is 4.76. The molecule has 1 heterocycles. The fraction of sp³-hybridized carbons (Fsp3) is 0.231. The number of anilines is 1. The van der Waals surface area contributed by atoms with E-state index in [0.29, 0.717) is 11.7 Å². The molecule has 21 heavy (non-hydrogen) atoms. The molecule has 8 heteroatoms. The van der Waals surface area contributed by atoms with Crippen LogP contribution in [-0.2, 0) is 10.0 Å². The van der Waals surface area contributed by atoms with Crippen molar-refractivity contribution >= 4 is 27.3 Å². The molecule has 1 aromatic heterocycles. The zero-order valence-electron chi connectivity index (χ0n) is 10.8. The van der Waals surface area contributed by atoms with Crippen molar-refractivity contribution in [2.24, 2.45) is 0 Å². The molecule has 0 bridgehead atoms. The molecular formula is C13H11ClFN3O2S. The van der Waals surface area contributed by atoms with Crippen LogP contribution in [0.3, 0.4) is 0 Å². The zero-order chi connectivity index (χ0) is 15.0. The third-order valence-corrected chi connectivity index (χ3v) is 4.94. The molecule has 2 aromatic rings. The molecular weight excluding hydrogens is 317 g/mol. The lowest BCUT2D eigenvalue weighted by atomic mass is 10.3. The number of hydrogen-bond donors (Lipinski definition) is 1. The van der Waals surface area contributed by atoms with Crippen LogP contribution in [0, 0.1) is 5.82 Å². The normalized spacial score (nSPS) is 15.0. The summed E-state index contributed by atoms with van der Waals surface area (Å²) in [5.74, 6) is 0.157. The van der Waals surface area contributed by atoms with Crippen molar-refractivity contribution in [3.8, 4) is 0 Å². The van der Waals surface area contributed by atoms with Crippen LogP contribution in [0.15, 0.2) is 35.5 Å². The Hall–Kier alpha value is -1.73. The number of sulfonamides is 1. The van der Waals surface area contributed by atoms with E-state index in [-0.39, 0.29) is 10.7 Å². The van der Waals surface area contributed by atoms with Crippen molar-refractivity contribution in [2.45, 2.75) is 23.7 Å². The van der Waals surface area contributed by atoms with Gasteiger partial charge in [0.15, 0.2) is 0 Å². The molecule has 1 aromatic carbocycles. The van der Waals surface area contributed by atoms with Gasteiger partial charge in [-0.15, -0.1) is 0 Å². The SMILES string of the molecule is O=S(=O)(Nc1cnc(C2CC2)nc1)c1c(F)cccc1Cl. The number of halogens is 2. The van der Waals surface area contributed by atoms with Gasteiger partial charge in [0.25, 0.3) is 10.0 Å². The van der Waals surface area contributed by atoms with E-state index < -0.39 is 20.7 Å². The van der Waals surface area contributed by atoms with Gasteiger partial charge in [0.1, 0.15) is 16.5 Å². The van der Waals surface area contributed by atoms with Crippen molar-refractivity contribution in [3.63, 3.8) is 0 Å². The third kappa shape index (κ3) is 2.98. The molecule has 0 unspecified atom stereocenters. The van der Waals surface area contributed by atoms with Crippen molar-refractivity contribution < 1.29 is 12.8 Å². The van der Waals surface area contributed by atoms with E-state index in [1.807, 2.05) is 0 Å². The Bertz CT molecular complexity index is 756. The molecule has 1 N–H and O–H groups in total. The molecule has 0 saturated heterocycles. The van der Waals surface area contributed by atoms with Gasteiger partial charge in [0.2, 0.25) is 0 Å². The maximum atomic E-state index is 13.7. The van der Waals surface area contributed by atoms with E-state index in [9.17, 15) is 12.8 Å². The lowest BCUT2D eigenvalue weighted by molar-refractivity contribution is 0.570. The zero-order valence-corrected chi connectivity index (χ0v) is 12.3. The highest BCUT2D eigenvalue weighted by Crippen LogP contribution is 2.37. The Morgan fingerprint density at radius 2 is 1.90 bits per heavy atom. The Kier molecular flexibility index (Phi) is 3.54. The van der Waals surface area contributed by atoms with E-state index in [1.54, 1.807) is 0 Å². The molecule has 0 amide bonds. The van der Waals surface area contributed by atoms with E-state index in [4.69, 9.17) is 11.6 Å². The van der Waals surface area contributed by atoms with E-state index in [1.165, 1.54) is 24.5 Å². The van der Waals surface area contributed by atoms with Crippen LogP contribution in [0.4, 0.5) is 10.1 Å². The summed E-state index contributed by atoms with van der Waals surface area (Å²) < 4.78 is 40.3. The third-order valence-electron chi connectivity index (χ3n) is 3.05. The predicted octanol–water partition coefficient (Wildman–Crippen LogP) is 2.95. The minimum absolute atomic E-state index is 0.165. The van der Waals surface area contributed by atoms with Crippen LogP contribution in [0.5, 0.6) is 0 Å². The molecule has 1 aliphatic rings. The van der Waals surface area contributed by atoms with Gasteiger partial charge in [0, 0.05) is 5.92 Å². The molecule has 3 rings (SSSR count). The van der Waals surface area contributed by atoms with Crippen molar-refractivity contribution in [2.75, 3.05) is 4.72 Å². The van der Waals surface area contributed by atoms with Crippen LogP contribution in [0.25, 0.3) is 0 Å². The first-order valence-corrected chi connectivity index (χ1v) is 8.12. The van der Waals surface area contributed by atoms with Crippen molar-refractivity contribution in [3.05, 3.63) is 47.3 Å². The second-order valence-corrected chi connectivity index (χ2v) is 6.79. The smallest absolute Gasteiger partial charge is 0.266 e. The first-order chi connectivity index (χ1) is 9.97. The quantitative estimate of drug-likeness (QED) is 0.937. The second kappa shape index (κ2) is 5.23. The van der Waals surface area contributed by atoms with Gasteiger partial charge in [-0.1, -0.05) is 17.7 Å². The van der Waals surface area contributed by atoms with E-state index in [2.05, 4.69) is 14.7 Å². The predicted molar refractivity (Wildman–Crippen MR) is 76.2 cm³/mol. The largest absolute Gasteiger partial charge is 0.276 e. The summed E-state index contributed by atoms with van der Waals surface area (Å²) >= 11 is 5.76. The van der Waals surface area contributed by atoms with Gasteiger partial charge < -0.3 is 0 Å². The summed E-state index contributed by atoms with van der Waals surface area (Å²) in [5, 5.41) is -0.182. The number of aromatic nitrogens is 2. The standard InChI is InChI=1S/C13H11ClFN3O2S/c14-10-2-1-3-11(15)12(10)21(19,20)18-9-6-16-13(17-7-9)8-4-5-8/h1-3,6-8,18H,4-5H2. The maximum Gasteiger partial charge on any atom is 0.266 e. The first kappa shape index (κ1) is 14.2. The minimum atomic E-state index is -4.13. The molecule has 0 spiro atoms. The lowest BCUT2D eigenvalue weighted by Crippen LogP contribution is -2.15.